The number of carbonyl (C=O) groups excluding carboxylic acids is 3. The monoisotopic (exact) mass is 403 g/mol. The quantitative estimate of drug-likeness (QED) is 0.539. The largest absolute Gasteiger partial charge is 0.295 e. The number of nitrogens with zero attached hydrogens (tertiary/aromatic N) is 1. The number of rotatable bonds is 5. The number of carbonyl (C=O) groups is 3. The van der Waals surface area contributed by atoms with Gasteiger partial charge in [-0.2, -0.15) is 0 Å². The number of imide groups is 1. The highest BCUT2D eigenvalue weighted by molar-refractivity contribution is 9.10. The van der Waals surface area contributed by atoms with Gasteiger partial charge in [-0.05, 0) is 49.6 Å². The maximum Gasteiger partial charge on any atom is 0.237 e. The molecule has 0 spiro atoms. The second-order valence-electron chi connectivity index (χ2n) is 6.82. The molecule has 0 unspecified atom stereocenters. The van der Waals surface area contributed by atoms with Crippen LogP contribution in [-0.2, 0) is 14.4 Å². The minimum Gasteiger partial charge on any atom is -0.295 e. The summed E-state index contributed by atoms with van der Waals surface area (Å²) in [6, 6.07) is 7.13. The van der Waals surface area contributed by atoms with Crippen LogP contribution in [0.5, 0.6) is 0 Å². The van der Waals surface area contributed by atoms with Gasteiger partial charge < -0.3 is 0 Å². The molecule has 0 aromatic heterocycles. The van der Waals surface area contributed by atoms with Crippen molar-refractivity contribution >= 4 is 39.2 Å². The summed E-state index contributed by atoms with van der Waals surface area (Å²) in [6.45, 7) is 0. The van der Waals surface area contributed by atoms with E-state index in [4.69, 9.17) is 0 Å². The highest BCUT2D eigenvalue weighted by Crippen LogP contribution is 2.30. The molecular weight excluding hydrogens is 382 g/mol. The van der Waals surface area contributed by atoms with Gasteiger partial charge in [-0.1, -0.05) is 41.3 Å². The predicted octanol–water partition coefficient (Wildman–Crippen LogP) is 4.42. The van der Waals surface area contributed by atoms with Gasteiger partial charge in [0.2, 0.25) is 11.8 Å². The van der Waals surface area contributed by atoms with Crippen molar-refractivity contribution in [3.8, 4) is 0 Å². The van der Waals surface area contributed by atoms with E-state index in [2.05, 4.69) is 15.9 Å². The third-order valence-corrected chi connectivity index (χ3v) is 5.56. The number of anilines is 1. The fraction of sp³-hybridized carbons (Fsp3) is 0.450. The number of benzene rings is 1. The van der Waals surface area contributed by atoms with Crippen LogP contribution < -0.4 is 4.90 Å². The maximum atomic E-state index is 12.6. The minimum absolute atomic E-state index is 0.144. The van der Waals surface area contributed by atoms with Gasteiger partial charge in [-0.25, -0.2) is 0 Å². The molecule has 0 N–H and O–H groups in total. The van der Waals surface area contributed by atoms with Crippen molar-refractivity contribution in [2.45, 2.75) is 44.9 Å². The first-order valence-electron chi connectivity index (χ1n) is 8.89. The Hall–Kier alpha value is -1.75. The summed E-state index contributed by atoms with van der Waals surface area (Å²) in [5, 5.41) is 0. The van der Waals surface area contributed by atoms with Crippen molar-refractivity contribution in [1.29, 1.82) is 0 Å². The van der Waals surface area contributed by atoms with Crippen LogP contribution in [0.3, 0.4) is 0 Å². The van der Waals surface area contributed by atoms with E-state index in [9.17, 15) is 14.4 Å². The third kappa shape index (κ3) is 4.27. The Morgan fingerprint density at radius 3 is 2.48 bits per heavy atom. The minimum atomic E-state index is -0.369. The molecule has 2 aliphatic rings. The van der Waals surface area contributed by atoms with Crippen molar-refractivity contribution in [1.82, 2.24) is 0 Å². The van der Waals surface area contributed by atoms with Crippen molar-refractivity contribution in [2.75, 3.05) is 4.90 Å². The zero-order chi connectivity index (χ0) is 17.8. The van der Waals surface area contributed by atoms with Crippen LogP contribution in [0.25, 0.3) is 0 Å². The highest BCUT2D eigenvalue weighted by atomic mass is 79.9. The Bertz CT molecular complexity index is 689. The van der Waals surface area contributed by atoms with Gasteiger partial charge in [0.05, 0.1) is 11.6 Å². The van der Waals surface area contributed by atoms with Gasteiger partial charge in [0.15, 0.2) is 5.78 Å². The van der Waals surface area contributed by atoms with Gasteiger partial charge in [0, 0.05) is 16.8 Å². The molecule has 0 bridgehead atoms. The zero-order valence-corrected chi connectivity index (χ0v) is 15.7. The van der Waals surface area contributed by atoms with E-state index in [0.29, 0.717) is 12.1 Å². The van der Waals surface area contributed by atoms with Crippen molar-refractivity contribution in [3.63, 3.8) is 0 Å². The molecule has 0 radical (unpaired) electrons. The summed E-state index contributed by atoms with van der Waals surface area (Å²) >= 11 is 3.35. The predicted molar refractivity (Wildman–Crippen MR) is 100 cm³/mol. The van der Waals surface area contributed by atoms with E-state index < -0.39 is 0 Å². The van der Waals surface area contributed by atoms with Crippen LogP contribution in [0.2, 0.25) is 0 Å². The van der Waals surface area contributed by atoms with Crippen LogP contribution in [-0.4, -0.2) is 17.6 Å². The first-order chi connectivity index (χ1) is 12.1. The number of hydrogen-bond acceptors (Lipinski definition) is 3. The molecule has 1 aliphatic heterocycles. The normalized spacial score (nSPS) is 22.1. The van der Waals surface area contributed by atoms with Crippen LogP contribution in [0.1, 0.15) is 44.9 Å². The molecule has 5 heteroatoms. The van der Waals surface area contributed by atoms with E-state index in [1.165, 1.54) is 11.3 Å². The standard InChI is InChI=1S/C20H22BrNO3/c21-16-9-11-17(12-10-16)22-19(24)13-15(20(22)25)7-4-8-18(23)14-5-2-1-3-6-14/h4,8-12,14-15H,1-3,5-7,13H2/b8-4+/t15-/m1/s1. The highest BCUT2D eigenvalue weighted by Gasteiger charge is 2.38. The van der Waals surface area contributed by atoms with Gasteiger partial charge in [-0.3, -0.25) is 19.3 Å². The van der Waals surface area contributed by atoms with Gasteiger partial charge in [0.1, 0.15) is 0 Å². The van der Waals surface area contributed by atoms with Crippen LogP contribution >= 0.6 is 15.9 Å². The Morgan fingerprint density at radius 2 is 1.80 bits per heavy atom. The molecule has 1 atom stereocenters. The lowest BCUT2D eigenvalue weighted by atomic mass is 9.86. The van der Waals surface area contributed by atoms with Crippen LogP contribution in [0.4, 0.5) is 5.69 Å². The molecule has 1 aromatic rings. The number of hydrogen-bond donors (Lipinski definition) is 0. The summed E-state index contributed by atoms with van der Waals surface area (Å²) < 4.78 is 0.899. The van der Waals surface area contributed by atoms with Gasteiger partial charge in [-0.15, -0.1) is 0 Å². The SMILES string of the molecule is O=C(/C=C/C[C@@H]1CC(=O)N(c2ccc(Br)cc2)C1=O)C1CCCCC1. The second-order valence-corrected chi connectivity index (χ2v) is 7.74. The molecule has 132 valence electrons. The third-order valence-electron chi connectivity index (χ3n) is 5.04. The summed E-state index contributed by atoms with van der Waals surface area (Å²) in [6.07, 6.45) is 9.46. The fourth-order valence-corrected chi connectivity index (χ4v) is 3.88. The molecule has 1 saturated carbocycles. The van der Waals surface area contributed by atoms with Gasteiger partial charge in [0.25, 0.3) is 0 Å². The Labute approximate surface area is 156 Å². The van der Waals surface area contributed by atoms with Crippen LogP contribution in [0, 0.1) is 11.8 Å². The smallest absolute Gasteiger partial charge is 0.237 e. The van der Waals surface area contributed by atoms with Gasteiger partial charge >= 0.3 is 0 Å². The van der Waals surface area contributed by atoms with E-state index in [1.807, 2.05) is 12.1 Å². The van der Waals surface area contributed by atoms with Crippen molar-refractivity contribution < 1.29 is 14.4 Å². The van der Waals surface area contributed by atoms with Crippen LogP contribution in [0.15, 0.2) is 40.9 Å². The maximum absolute atomic E-state index is 12.6. The molecule has 3 rings (SSSR count). The first-order valence-corrected chi connectivity index (χ1v) is 9.68. The average molecular weight is 404 g/mol. The van der Waals surface area contributed by atoms with E-state index in [-0.39, 0.29) is 35.9 Å². The molecule has 1 saturated heterocycles. The fourth-order valence-electron chi connectivity index (χ4n) is 3.61. The Balaban J connectivity index is 1.59. The zero-order valence-electron chi connectivity index (χ0n) is 14.1. The second kappa shape index (κ2) is 8.09. The molecule has 1 aromatic carbocycles. The Morgan fingerprint density at radius 1 is 1.12 bits per heavy atom. The molecule has 1 aliphatic carbocycles. The molecule has 25 heavy (non-hydrogen) atoms. The molecule has 4 nitrogen and oxygen atoms in total. The number of allylic oxidation sites excluding steroid dienone is 2. The molecule has 2 fully saturated rings. The summed E-state index contributed by atoms with van der Waals surface area (Å²) in [5.74, 6) is -0.413. The summed E-state index contributed by atoms with van der Waals surface area (Å²) in [4.78, 5) is 38.2. The lowest BCUT2D eigenvalue weighted by Gasteiger charge is -2.18. The lowest BCUT2D eigenvalue weighted by Crippen LogP contribution is -2.30. The summed E-state index contributed by atoms with van der Waals surface area (Å²) in [5.41, 5.74) is 0.600. The van der Waals surface area contributed by atoms with Crippen molar-refractivity contribution in [2.24, 2.45) is 11.8 Å². The number of amides is 2. The molecular formula is C20H22BrNO3. The average Bonchev–Trinajstić information content (AvgIpc) is 2.90. The molecule has 2 amide bonds. The Kier molecular flexibility index (Phi) is 5.84. The summed E-state index contributed by atoms with van der Waals surface area (Å²) in [7, 11) is 0. The topological polar surface area (TPSA) is 54.5 Å². The molecule has 1 heterocycles. The van der Waals surface area contributed by atoms with E-state index >= 15 is 0 Å². The first kappa shape index (κ1) is 18.1. The number of halogens is 1. The van der Waals surface area contributed by atoms with E-state index in [1.54, 1.807) is 24.3 Å². The van der Waals surface area contributed by atoms with E-state index in [0.717, 1.165) is 30.2 Å². The number of ketones is 1. The lowest BCUT2D eigenvalue weighted by molar-refractivity contribution is -0.122. The van der Waals surface area contributed by atoms with Crippen molar-refractivity contribution in [3.05, 3.63) is 40.9 Å².